The molecular formula is C13H20N2O. The van der Waals surface area contributed by atoms with E-state index in [1.54, 1.807) is 0 Å². The van der Waals surface area contributed by atoms with Gasteiger partial charge in [-0.3, -0.25) is 11.3 Å². The van der Waals surface area contributed by atoms with Gasteiger partial charge >= 0.3 is 0 Å². The largest absolute Gasteiger partial charge is 0.376 e. The lowest BCUT2D eigenvalue weighted by Gasteiger charge is -2.23. The summed E-state index contributed by atoms with van der Waals surface area (Å²) in [5, 5.41) is 0. The molecule has 2 unspecified atom stereocenters. The van der Waals surface area contributed by atoms with E-state index in [1.165, 1.54) is 16.7 Å². The Bertz CT molecular complexity index is 339. The van der Waals surface area contributed by atoms with Gasteiger partial charge in [0.25, 0.3) is 0 Å². The second-order valence-corrected chi connectivity index (χ2v) is 4.62. The lowest BCUT2D eigenvalue weighted by atomic mass is 9.96. The summed E-state index contributed by atoms with van der Waals surface area (Å²) < 4.78 is 5.70. The molecule has 1 aromatic rings. The van der Waals surface area contributed by atoms with Crippen molar-refractivity contribution in [2.45, 2.75) is 38.8 Å². The van der Waals surface area contributed by atoms with Crippen molar-refractivity contribution in [2.24, 2.45) is 5.84 Å². The summed E-state index contributed by atoms with van der Waals surface area (Å²) in [6, 6.07) is 6.64. The zero-order valence-corrected chi connectivity index (χ0v) is 9.99. The van der Waals surface area contributed by atoms with Crippen LogP contribution in [0.3, 0.4) is 0 Å². The SMILES string of the molecule is Cc1cc(C)cc(C(NN)C2CCCO2)c1. The Morgan fingerprint density at radius 2 is 2.00 bits per heavy atom. The van der Waals surface area contributed by atoms with Crippen LogP contribution >= 0.6 is 0 Å². The van der Waals surface area contributed by atoms with Crippen molar-refractivity contribution in [1.29, 1.82) is 0 Å². The highest BCUT2D eigenvalue weighted by Gasteiger charge is 2.26. The van der Waals surface area contributed by atoms with Crippen molar-refractivity contribution < 1.29 is 4.74 Å². The minimum absolute atomic E-state index is 0.112. The normalized spacial score (nSPS) is 22.3. The molecule has 1 saturated heterocycles. The summed E-state index contributed by atoms with van der Waals surface area (Å²) in [6.45, 7) is 5.08. The Balaban J connectivity index is 2.24. The van der Waals surface area contributed by atoms with E-state index in [4.69, 9.17) is 10.6 Å². The van der Waals surface area contributed by atoms with Gasteiger partial charge in [-0.2, -0.15) is 0 Å². The summed E-state index contributed by atoms with van der Waals surface area (Å²) in [5.41, 5.74) is 6.66. The molecule has 0 aromatic heterocycles. The van der Waals surface area contributed by atoms with Gasteiger partial charge in [0.05, 0.1) is 12.1 Å². The van der Waals surface area contributed by atoms with E-state index in [9.17, 15) is 0 Å². The van der Waals surface area contributed by atoms with Gasteiger partial charge in [-0.1, -0.05) is 29.3 Å². The summed E-state index contributed by atoms with van der Waals surface area (Å²) in [6.07, 6.45) is 2.43. The summed E-state index contributed by atoms with van der Waals surface area (Å²) in [4.78, 5) is 0. The van der Waals surface area contributed by atoms with Crippen molar-refractivity contribution in [2.75, 3.05) is 6.61 Å². The predicted octanol–water partition coefficient (Wildman–Crippen LogP) is 1.99. The minimum Gasteiger partial charge on any atom is -0.376 e. The number of aryl methyl sites for hydroxylation is 2. The number of ether oxygens (including phenoxy) is 1. The number of hydrogen-bond acceptors (Lipinski definition) is 3. The molecule has 0 radical (unpaired) electrons. The molecule has 3 nitrogen and oxygen atoms in total. The van der Waals surface area contributed by atoms with E-state index in [0.29, 0.717) is 0 Å². The average molecular weight is 220 g/mol. The molecule has 3 heteroatoms. The zero-order valence-electron chi connectivity index (χ0n) is 9.99. The Hall–Kier alpha value is -0.900. The van der Waals surface area contributed by atoms with Crippen molar-refractivity contribution in [1.82, 2.24) is 5.43 Å². The first-order valence-electron chi connectivity index (χ1n) is 5.86. The molecular weight excluding hydrogens is 200 g/mol. The van der Waals surface area contributed by atoms with Crippen LogP contribution in [0, 0.1) is 13.8 Å². The number of hydrogen-bond donors (Lipinski definition) is 2. The third-order valence-electron chi connectivity index (χ3n) is 3.12. The number of hydrazine groups is 1. The van der Waals surface area contributed by atoms with Crippen LogP contribution in [0.2, 0.25) is 0 Å². The van der Waals surface area contributed by atoms with E-state index in [1.807, 2.05) is 0 Å². The van der Waals surface area contributed by atoms with Crippen LogP contribution in [0.4, 0.5) is 0 Å². The molecule has 0 aliphatic carbocycles. The topological polar surface area (TPSA) is 47.3 Å². The van der Waals surface area contributed by atoms with Gasteiger partial charge in [-0.25, -0.2) is 0 Å². The molecule has 16 heavy (non-hydrogen) atoms. The zero-order chi connectivity index (χ0) is 11.5. The second kappa shape index (κ2) is 4.95. The molecule has 1 fully saturated rings. The number of rotatable bonds is 3. The fourth-order valence-corrected chi connectivity index (χ4v) is 2.47. The highest BCUT2D eigenvalue weighted by molar-refractivity contribution is 5.31. The van der Waals surface area contributed by atoms with E-state index >= 15 is 0 Å². The summed E-state index contributed by atoms with van der Waals surface area (Å²) >= 11 is 0. The first kappa shape index (κ1) is 11.6. The molecule has 0 saturated carbocycles. The minimum atomic E-state index is 0.112. The molecule has 0 bridgehead atoms. The number of benzene rings is 1. The van der Waals surface area contributed by atoms with Gasteiger partial charge in [0, 0.05) is 6.61 Å². The maximum Gasteiger partial charge on any atom is 0.0783 e. The lowest BCUT2D eigenvalue weighted by molar-refractivity contribution is 0.0783. The Labute approximate surface area is 97.0 Å². The highest BCUT2D eigenvalue weighted by Crippen LogP contribution is 2.27. The third-order valence-corrected chi connectivity index (χ3v) is 3.12. The summed E-state index contributed by atoms with van der Waals surface area (Å²) in [5.74, 6) is 5.65. The van der Waals surface area contributed by atoms with E-state index < -0.39 is 0 Å². The first-order valence-corrected chi connectivity index (χ1v) is 5.86. The Morgan fingerprint density at radius 1 is 1.31 bits per heavy atom. The fraction of sp³-hybridized carbons (Fsp3) is 0.538. The first-order chi connectivity index (χ1) is 7.70. The fourth-order valence-electron chi connectivity index (χ4n) is 2.47. The van der Waals surface area contributed by atoms with E-state index in [2.05, 4.69) is 37.5 Å². The van der Waals surface area contributed by atoms with Crippen LogP contribution in [0.25, 0.3) is 0 Å². The highest BCUT2D eigenvalue weighted by atomic mass is 16.5. The third kappa shape index (κ3) is 2.43. The summed E-state index contributed by atoms with van der Waals surface area (Å²) in [7, 11) is 0. The van der Waals surface area contributed by atoms with Crippen LogP contribution in [0.5, 0.6) is 0 Å². The average Bonchev–Trinajstić information content (AvgIpc) is 2.70. The lowest BCUT2D eigenvalue weighted by Crippen LogP contribution is -2.36. The van der Waals surface area contributed by atoms with Gasteiger partial charge in [-0.15, -0.1) is 0 Å². The van der Waals surface area contributed by atoms with Crippen LogP contribution in [0.1, 0.15) is 35.6 Å². The molecule has 1 aliphatic rings. The smallest absolute Gasteiger partial charge is 0.0783 e. The molecule has 0 spiro atoms. The maximum absolute atomic E-state index is 5.70. The molecule has 3 N–H and O–H groups in total. The van der Waals surface area contributed by atoms with Gasteiger partial charge in [-0.05, 0) is 32.3 Å². The van der Waals surface area contributed by atoms with Crippen LogP contribution in [0.15, 0.2) is 18.2 Å². The van der Waals surface area contributed by atoms with Crippen molar-refractivity contribution in [3.8, 4) is 0 Å². The Kier molecular flexibility index (Phi) is 3.59. The Morgan fingerprint density at radius 3 is 2.50 bits per heavy atom. The molecule has 1 aliphatic heterocycles. The molecule has 2 atom stereocenters. The van der Waals surface area contributed by atoms with Crippen molar-refractivity contribution in [3.05, 3.63) is 34.9 Å². The second-order valence-electron chi connectivity index (χ2n) is 4.62. The molecule has 0 amide bonds. The van der Waals surface area contributed by atoms with Gasteiger partial charge < -0.3 is 4.74 Å². The monoisotopic (exact) mass is 220 g/mol. The quantitative estimate of drug-likeness (QED) is 0.605. The molecule has 88 valence electrons. The van der Waals surface area contributed by atoms with Crippen molar-refractivity contribution in [3.63, 3.8) is 0 Å². The molecule has 2 rings (SSSR count). The maximum atomic E-state index is 5.70. The standard InChI is InChI=1S/C13H20N2O/c1-9-6-10(2)8-11(7-9)13(15-14)12-4-3-5-16-12/h6-8,12-13,15H,3-5,14H2,1-2H3. The van der Waals surface area contributed by atoms with Crippen LogP contribution in [-0.2, 0) is 4.74 Å². The van der Waals surface area contributed by atoms with Crippen molar-refractivity contribution >= 4 is 0 Å². The van der Waals surface area contributed by atoms with Crippen LogP contribution < -0.4 is 11.3 Å². The predicted molar refractivity (Wildman–Crippen MR) is 65.0 cm³/mol. The van der Waals surface area contributed by atoms with Gasteiger partial charge in [0.15, 0.2) is 0 Å². The van der Waals surface area contributed by atoms with Gasteiger partial charge in [0.1, 0.15) is 0 Å². The molecule has 1 heterocycles. The van der Waals surface area contributed by atoms with Gasteiger partial charge in [0.2, 0.25) is 0 Å². The molecule has 1 aromatic carbocycles. The van der Waals surface area contributed by atoms with Crippen LogP contribution in [-0.4, -0.2) is 12.7 Å². The van der Waals surface area contributed by atoms with E-state index in [-0.39, 0.29) is 12.1 Å². The van der Waals surface area contributed by atoms with E-state index in [0.717, 1.165) is 19.4 Å². The number of nitrogens with one attached hydrogen (secondary N) is 1. The number of nitrogens with two attached hydrogens (primary N) is 1.